The lowest BCUT2D eigenvalue weighted by molar-refractivity contribution is -0.158. The van der Waals surface area contributed by atoms with Crippen LogP contribution < -0.4 is 9.47 Å². The topological polar surface area (TPSA) is 109 Å². The van der Waals surface area contributed by atoms with Crippen LogP contribution in [0.2, 0.25) is 0 Å². The Hall–Kier alpha value is -3.53. The second-order valence-electron chi connectivity index (χ2n) is 9.34. The number of nitrogens with one attached hydrogen (secondary N) is 1. The molecule has 2 atom stereocenters. The number of hydrogen-bond acceptors (Lipinski definition) is 6. The predicted molar refractivity (Wildman–Crippen MR) is 128 cm³/mol. The summed E-state index contributed by atoms with van der Waals surface area (Å²) in [6, 6.07) is 12.4. The Bertz CT molecular complexity index is 1460. The zero-order valence-corrected chi connectivity index (χ0v) is 20.0. The Morgan fingerprint density at radius 1 is 1.09 bits per heavy atom. The lowest BCUT2D eigenvalue weighted by Crippen LogP contribution is -2.63. The van der Waals surface area contributed by atoms with Crippen LogP contribution in [0, 0.1) is 0 Å². The summed E-state index contributed by atoms with van der Waals surface area (Å²) in [7, 11) is -3.15. The highest BCUT2D eigenvalue weighted by Crippen LogP contribution is 2.44. The van der Waals surface area contributed by atoms with Gasteiger partial charge in [-0.1, -0.05) is 24.3 Å². The van der Waals surface area contributed by atoms with Gasteiger partial charge >= 0.3 is 0 Å². The average Bonchev–Trinajstić information content (AvgIpc) is 3.44. The number of benzene rings is 2. The molecule has 0 unspecified atom stereocenters. The number of carbonyl (C=O) groups excluding carboxylic acids is 2. The number of carbonyl (C=O) groups is 2. The van der Waals surface area contributed by atoms with Gasteiger partial charge < -0.3 is 24.3 Å². The minimum Gasteiger partial charge on any atom is -0.454 e. The van der Waals surface area contributed by atoms with E-state index in [1.807, 2.05) is 42.5 Å². The molecule has 1 saturated heterocycles. The van der Waals surface area contributed by atoms with Crippen LogP contribution in [0.3, 0.4) is 0 Å². The third-order valence-electron chi connectivity index (χ3n) is 7.00. The van der Waals surface area contributed by atoms with Gasteiger partial charge in [0.2, 0.25) is 18.6 Å². The van der Waals surface area contributed by atoms with Gasteiger partial charge in [-0.15, -0.1) is 0 Å². The molecule has 35 heavy (non-hydrogen) atoms. The van der Waals surface area contributed by atoms with Gasteiger partial charge in [-0.25, -0.2) is 8.42 Å². The maximum absolute atomic E-state index is 13.6. The number of H-pyrrole nitrogens is 1. The third kappa shape index (κ3) is 3.72. The molecule has 1 aromatic heterocycles. The van der Waals surface area contributed by atoms with Gasteiger partial charge in [0.15, 0.2) is 11.5 Å². The number of ether oxygens (including phenoxy) is 2. The number of fused-ring (bicyclic) bond motifs is 5. The number of rotatable bonds is 5. The molecular formula is C25H25N3O6S. The van der Waals surface area contributed by atoms with E-state index in [-0.39, 0.29) is 37.4 Å². The Balaban J connectivity index is 1.42. The molecule has 4 heterocycles. The Kier molecular flexibility index (Phi) is 5.03. The quantitative estimate of drug-likeness (QED) is 0.580. The molecule has 2 aromatic carbocycles. The fourth-order valence-corrected chi connectivity index (χ4v) is 6.11. The van der Waals surface area contributed by atoms with E-state index in [2.05, 4.69) is 4.98 Å². The number of hydrogen-bond donors (Lipinski definition) is 1. The van der Waals surface area contributed by atoms with Crippen LogP contribution in [-0.2, 0) is 25.8 Å². The van der Waals surface area contributed by atoms with Crippen LogP contribution in [-0.4, -0.2) is 72.9 Å². The van der Waals surface area contributed by atoms with Gasteiger partial charge in [-0.3, -0.25) is 9.59 Å². The first kappa shape index (κ1) is 22.0. The number of piperazine rings is 1. The summed E-state index contributed by atoms with van der Waals surface area (Å²) in [6.07, 6.45) is 1.87. The van der Waals surface area contributed by atoms with E-state index in [1.165, 1.54) is 11.2 Å². The predicted octanol–water partition coefficient (Wildman–Crippen LogP) is 2.02. The van der Waals surface area contributed by atoms with Gasteiger partial charge in [-0.2, -0.15) is 0 Å². The van der Waals surface area contributed by atoms with Crippen molar-refractivity contribution in [1.82, 2.24) is 14.8 Å². The summed E-state index contributed by atoms with van der Waals surface area (Å²) in [5.41, 5.74) is 3.70. The first-order chi connectivity index (χ1) is 16.8. The fraction of sp³-hybridized carbons (Fsp3) is 0.360. The zero-order valence-electron chi connectivity index (χ0n) is 19.2. The van der Waals surface area contributed by atoms with Crippen LogP contribution >= 0.6 is 0 Å². The lowest BCUT2D eigenvalue weighted by atomic mass is 9.86. The number of nitrogens with zero attached hydrogens (tertiary/aromatic N) is 2. The van der Waals surface area contributed by atoms with Crippen molar-refractivity contribution in [3.63, 3.8) is 0 Å². The molecule has 6 rings (SSSR count). The number of amides is 2. The number of para-hydroxylation sites is 1. The van der Waals surface area contributed by atoms with E-state index >= 15 is 0 Å². The molecule has 0 saturated carbocycles. The molecule has 3 aromatic rings. The SMILES string of the molecule is CS(=O)(=O)CCCN1CC(=O)N2[C@H](c3ccc4c(c3)OCO4)c3[nH]c4ccccc4c3C[C@@H]2C1=O. The van der Waals surface area contributed by atoms with Crippen molar-refractivity contribution in [2.45, 2.75) is 24.9 Å². The molecule has 3 aliphatic rings. The Labute approximate surface area is 202 Å². The van der Waals surface area contributed by atoms with Crippen LogP contribution in [0.1, 0.15) is 29.3 Å². The fourth-order valence-electron chi connectivity index (χ4n) is 5.46. The molecule has 1 N–H and O–H groups in total. The maximum Gasteiger partial charge on any atom is 0.246 e. The average molecular weight is 496 g/mol. The first-order valence-electron chi connectivity index (χ1n) is 11.6. The summed E-state index contributed by atoms with van der Waals surface area (Å²) >= 11 is 0. The molecule has 3 aliphatic heterocycles. The summed E-state index contributed by atoms with van der Waals surface area (Å²) in [5.74, 6) is 0.920. The van der Waals surface area contributed by atoms with E-state index < -0.39 is 21.9 Å². The number of aromatic nitrogens is 1. The monoisotopic (exact) mass is 495 g/mol. The highest BCUT2D eigenvalue weighted by atomic mass is 32.2. The van der Waals surface area contributed by atoms with E-state index in [9.17, 15) is 18.0 Å². The molecule has 0 radical (unpaired) electrons. The number of aromatic amines is 1. The second kappa shape index (κ2) is 8.01. The van der Waals surface area contributed by atoms with E-state index in [1.54, 1.807) is 4.90 Å². The maximum atomic E-state index is 13.6. The number of sulfone groups is 1. The Morgan fingerprint density at radius 3 is 2.71 bits per heavy atom. The summed E-state index contributed by atoms with van der Waals surface area (Å²) in [4.78, 5) is 33.8. The normalized spacial score (nSPS) is 21.4. The van der Waals surface area contributed by atoms with Gasteiger partial charge in [0.1, 0.15) is 15.9 Å². The largest absolute Gasteiger partial charge is 0.454 e. The second-order valence-corrected chi connectivity index (χ2v) is 11.6. The highest BCUT2D eigenvalue weighted by molar-refractivity contribution is 7.90. The Morgan fingerprint density at radius 2 is 1.89 bits per heavy atom. The van der Waals surface area contributed by atoms with Crippen molar-refractivity contribution in [3.8, 4) is 11.5 Å². The van der Waals surface area contributed by atoms with Crippen LogP contribution in [0.15, 0.2) is 42.5 Å². The smallest absolute Gasteiger partial charge is 0.246 e. The molecule has 182 valence electrons. The van der Waals surface area contributed by atoms with E-state index in [0.717, 1.165) is 27.7 Å². The first-order valence-corrected chi connectivity index (χ1v) is 13.6. The molecule has 0 aliphatic carbocycles. The third-order valence-corrected chi connectivity index (χ3v) is 8.03. The molecular weight excluding hydrogens is 470 g/mol. The highest BCUT2D eigenvalue weighted by Gasteiger charge is 2.48. The summed E-state index contributed by atoms with van der Waals surface area (Å²) < 4.78 is 34.2. The summed E-state index contributed by atoms with van der Waals surface area (Å²) in [5, 5.41) is 1.03. The van der Waals surface area contributed by atoms with Crippen LogP contribution in [0.5, 0.6) is 11.5 Å². The van der Waals surface area contributed by atoms with E-state index in [4.69, 9.17) is 9.47 Å². The minimum atomic E-state index is -3.15. The minimum absolute atomic E-state index is 0.0221. The van der Waals surface area contributed by atoms with Crippen molar-refractivity contribution in [2.75, 3.05) is 31.9 Å². The molecule has 1 fully saturated rings. The summed E-state index contributed by atoms with van der Waals surface area (Å²) in [6.45, 7) is 0.306. The van der Waals surface area contributed by atoms with Gasteiger partial charge in [0.25, 0.3) is 0 Å². The molecule has 9 nitrogen and oxygen atoms in total. The van der Waals surface area contributed by atoms with Crippen molar-refractivity contribution in [1.29, 1.82) is 0 Å². The zero-order chi connectivity index (χ0) is 24.3. The van der Waals surface area contributed by atoms with Crippen molar-refractivity contribution in [2.24, 2.45) is 0 Å². The standard InChI is InChI=1S/C25H25N3O6S/c1-35(31,32)10-4-9-27-13-22(29)28-19(25(27)30)12-17-16-5-2-3-6-18(16)26-23(17)24(28)15-7-8-20-21(11-15)34-14-33-20/h2-3,5-8,11,19,24,26H,4,9-10,12-14H2,1H3/t19-,24-/m1/s1. The lowest BCUT2D eigenvalue weighted by Gasteiger charge is -2.47. The van der Waals surface area contributed by atoms with Crippen LogP contribution in [0.4, 0.5) is 0 Å². The molecule has 10 heteroatoms. The van der Waals surface area contributed by atoms with Crippen LogP contribution in [0.25, 0.3) is 10.9 Å². The molecule has 0 spiro atoms. The van der Waals surface area contributed by atoms with Gasteiger partial charge in [0, 0.05) is 35.8 Å². The molecule has 0 bridgehead atoms. The molecule has 2 amide bonds. The van der Waals surface area contributed by atoms with E-state index in [0.29, 0.717) is 24.3 Å². The van der Waals surface area contributed by atoms with Gasteiger partial charge in [0.05, 0.1) is 18.3 Å². The van der Waals surface area contributed by atoms with Crippen molar-refractivity contribution < 1.29 is 27.5 Å². The van der Waals surface area contributed by atoms with Crippen molar-refractivity contribution >= 4 is 32.6 Å². The van der Waals surface area contributed by atoms with Crippen molar-refractivity contribution in [3.05, 3.63) is 59.3 Å². The van der Waals surface area contributed by atoms with Gasteiger partial charge in [-0.05, 0) is 35.7 Å².